The van der Waals surface area contributed by atoms with E-state index in [0.717, 1.165) is 0 Å². The summed E-state index contributed by atoms with van der Waals surface area (Å²) in [5.74, 6) is 0.132. The molecule has 2 rings (SSSR count). The molecule has 0 aliphatic rings. The Morgan fingerprint density at radius 3 is 3.00 bits per heavy atom. The van der Waals surface area contributed by atoms with Crippen molar-refractivity contribution in [1.82, 2.24) is 15.5 Å². The summed E-state index contributed by atoms with van der Waals surface area (Å²) in [5.41, 5.74) is 0.699. The van der Waals surface area contributed by atoms with Crippen LogP contribution in [0, 0.1) is 5.82 Å². The van der Waals surface area contributed by atoms with E-state index in [1.165, 1.54) is 12.5 Å². The summed E-state index contributed by atoms with van der Waals surface area (Å²) in [6, 6.07) is 4.70. The molecule has 2 aromatic rings. The maximum absolute atomic E-state index is 13.1. The van der Waals surface area contributed by atoms with Crippen molar-refractivity contribution in [1.29, 1.82) is 0 Å². The summed E-state index contributed by atoms with van der Waals surface area (Å²) in [7, 11) is 0. The van der Waals surface area contributed by atoms with Gasteiger partial charge in [0, 0.05) is 6.54 Å². The molecule has 1 aromatic carbocycles. The fourth-order valence-electron chi connectivity index (χ4n) is 1.26. The smallest absolute Gasteiger partial charge is 0.213 e. The summed E-state index contributed by atoms with van der Waals surface area (Å²) in [6.45, 7) is 0.897. The van der Waals surface area contributed by atoms with Crippen LogP contribution in [0.1, 0.15) is 11.4 Å². The maximum atomic E-state index is 13.1. The van der Waals surface area contributed by atoms with E-state index < -0.39 is 5.82 Å². The molecule has 0 unspecified atom stereocenters. The summed E-state index contributed by atoms with van der Waals surface area (Å²) in [4.78, 5) is 3.84. The molecular formula is C10H9ClFN3O. The van der Waals surface area contributed by atoms with E-state index >= 15 is 0 Å². The quantitative estimate of drug-likeness (QED) is 0.891. The second kappa shape index (κ2) is 5.05. The van der Waals surface area contributed by atoms with Crippen LogP contribution in [0.15, 0.2) is 29.1 Å². The van der Waals surface area contributed by atoms with Gasteiger partial charge in [0.05, 0.1) is 11.6 Å². The van der Waals surface area contributed by atoms with Gasteiger partial charge in [0.15, 0.2) is 5.82 Å². The Hall–Kier alpha value is -1.46. The SMILES string of the molecule is Fc1cccc(CNCc2ncon2)c1Cl. The van der Waals surface area contributed by atoms with Crippen LogP contribution in [0.4, 0.5) is 4.39 Å². The second-order valence-corrected chi connectivity index (χ2v) is 3.54. The first-order valence-corrected chi connectivity index (χ1v) is 5.04. The predicted octanol–water partition coefficient (Wildman–Crippen LogP) is 2.15. The number of nitrogens with one attached hydrogen (secondary N) is 1. The fraction of sp³-hybridized carbons (Fsp3) is 0.200. The van der Waals surface area contributed by atoms with Gasteiger partial charge in [0.1, 0.15) is 5.82 Å². The monoisotopic (exact) mass is 241 g/mol. The van der Waals surface area contributed by atoms with E-state index in [0.29, 0.717) is 24.5 Å². The predicted molar refractivity (Wildman–Crippen MR) is 56.3 cm³/mol. The minimum absolute atomic E-state index is 0.142. The zero-order chi connectivity index (χ0) is 11.4. The van der Waals surface area contributed by atoms with Crippen molar-refractivity contribution >= 4 is 11.6 Å². The molecule has 1 heterocycles. The first-order chi connectivity index (χ1) is 7.77. The minimum atomic E-state index is -0.416. The number of rotatable bonds is 4. The molecule has 0 amide bonds. The maximum Gasteiger partial charge on any atom is 0.213 e. The molecule has 0 aliphatic carbocycles. The van der Waals surface area contributed by atoms with Crippen molar-refractivity contribution in [2.75, 3.05) is 0 Å². The van der Waals surface area contributed by atoms with Crippen molar-refractivity contribution in [2.24, 2.45) is 0 Å². The van der Waals surface area contributed by atoms with Crippen LogP contribution in [0.25, 0.3) is 0 Å². The Kier molecular flexibility index (Phi) is 3.48. The number of hydrogen-bond acceptors (Lipinski definition) is 4. The molecule has 4 nitrogen and oxygen atoms in total. The molecule has 16 heavy (non-hydrogen) atoms. The van der Waals surface area contributed by atoms with Gasteiger partial charge in [-0.2, -0.15) is 4.98 Å². The highest BCUT2D eigenvalue weighted by atomic mass is 35.5. The Balaban J connectivity index is 1.92. The molecular weight excluding hydrogens is 233 g/mol. The lowest BCUT2D eigenvalue weighted by Gasteiger charge is -2.05. The fourth-order valence-corrected chi connectivity index (χ4v) is 1.46. The highest BCUT2D eigenvalue weighted by Gasteiger charge is 2.05. The number of halogens is 2. The molecule has 0 saturated carbocycles. The van der Waals surface area contributed by atoms with Crippen LogP contribution in [-0.2, 0) is 13.1 Å². The molecule has 1 N–H and O–H groups in total. The lowest BCUT2D eigenvalue weighted by molar-refractivity contribution is 0.407. The zero-order valence-electron chi connectivity index (χ0n) is 8.28. The number of hydrogen-bond donors (Lipinski definition) is 1. The number of nitrogens with zero attached hydrogens (tertiary/aromatic N) is 2. The lowest BCUT2D eigenvalue weighted by atomic mass is 10.2. The molecule has 6 heteroatoms. The van der Waals surface area contributed by atoms with Crippen molar-refractivity contribution in [3.05, 3.63) is 46.8 Å². The third-order valence-electron chi connectivity index (χ3n) is 2.04. The van der Waals surface area contributed by atoms with Gasteiger partial charge in [-0.1, -0.05) is 28.9 Å². The average molecular weight is 242 g/mol. The zero-order valence-corrected chi connectivity index (χ0v) is 9.04. The molecule has 0 saturated heterocycles. The summed E-state index contributed by atoms with van der Waals surface area (Å²) < 4.78 is 17.7. The lowest BCUT2D eigenvalue weighted by Crippen LogP contribution is -2.14. The first kappa shape index (κ1) is 11.0. The van der Waals surface area contributed by atoms with Gasteiger partial charge in [-0.25, -0.2) is 4.39 Å². The van der Waals surface area contributed by atoms with E-state index in [1.54, 1.807) is 12.1 Å². The molecule has 1 aromatic heterocycles. The van der Waals surface area contributed by atoms with Crippen molar-refractivity contribution < 1.29 is 8.91 Å². The minimum Gasteiger partial charge on any atom is -0.343 e. The average Bonchev–Trinajstić information content (AvgIpc) is 2.77. The summed E-state index contributed by atoms with van der Waals surface area (Å²) >= 11 is 5.79. The topological polar surface area (TPSA) is 51.0 Å². The van der Waals surface area contributed by atoms with Gasteiger partial charge in [-0.15, -0.1) is 0 Å². The van der Waals surface area contributed by atoms with Crippen LogP contribution in [-0.4, -0.2) is 10.1 Å². The Bertz CT molecular complexity index is 461. The highest BCUT2D eigenvalue weighted by Crippen LogP contribution is 2.19. The second-order valence-electron chi connectivity index (χ2n) is 3.16. The van der Waals surface area contributed by atoms with Gasteiger partial charge in [-0.05, 0) is 11.6 Å². The van der Waals surface area contributed by atoms with E-state index in [-0.39, 0.29) is 5.02 Å². The van der Waals surface area contributed by atoms with Crippen LogP contribution in [0.3, 0.4) is 0 Å². The Morgan fingerprint density at radius 1 is 1.38 bits per heavy atom. The first-order valence-electron chi connectivity index (χ1n) is 4.66. The van der Waals surface area contributed by atoms with E-state index in [9.17, 15) is 4.39 Å². The van der Waals surface area contributed by atoms with Gasteiger partial charge < -0.3 is 9.84 Å². The third kappa shape index (κ3) is 2.56. The van der Waals surface area contributed by atoms with E-state index in [1.807, 2.05) is 0 Å². The third-order valence-corrected chi connectivity index (χ3v) is 2.46. The van der Waals surface area contributed by atoms with Gasteiger partial charge in [0.25, 0.3) is 0 Å². The molecule has 0 spiro atoms. The molecule has 0 aliphatic heterocycles. The van der Waals surface area contributed by atoms with Crippen LogP contribution in [0.2, 0.25) is 5.02 Å². The van der Waals surface area contributed by atoms with Gasteiger partial charge in [-0.3, -0.25) is 0 Å². The van der Waals surface area contributed by atoms with Crippen molar-refractivity contribution in [3.8, 4) is 0 Å². The molecule has 84 valence electrons. The Labute approximate surface area is 96.4 Å². The molecule has 0 atom stereocenters. The van der Waals surface area contributed by atoms with Crippen molar-refractivity contribution in [3.63, 3.8) is 0 Å². The number of aromatic nitrogens is 2. The van der Waals surface area contributed by atoms with Crippen molar-refractivity contribution in [2.45, 2.75) is 13.1 Å². The normalized spacial score (nSPS) is 10.6. The largest absolute Gasteiger partial charge is 0.343 e. The Morgan fingerprint density at radius 2 is 2.25 bits per heavy atom. The molecule has 0 radical (unpaired) electrons. The highest BCUT2D eigenvalue weighted by molar-refractivity contribution is 6.31. The van der Waals surface area contributed by atoms with Gasteiger partial charge in [0.2, 0.25) is 6.39 Å². The molecule has 0 bridgehead atoms. The standard InChI is InChI=1S/C10H9ClFN3O/c11-10-7(2-1-3-8(10)12)4-13-5-9-14-6-16-15-9/h1-3,6,13H,4-5H2. The van der Waals surface area contributed by atoms with Crippen LogP contribution >= 0.6 is 11.6 Å². The summed E-state index contributed by atoms with van der Waals surface area (Å²) in [5, 5.41) is 6.81. The number of benzene rings is 1. The molecule has 0 fully saturated rings. The van der Waals surface area contributed by atoms with Crippen LogP contribution < -0.4 is 5.32 Å². The van der Waals surface area contributed by atoms with Crippen LogP contribution in [0.5, 0.6) is 0 Å². The van der Waals surface area contributed by atoms with Gasteiger partial charge >= 0.3 is 0 Å². The summed E-state index contributed by atoms with van der Waals surface area (Å²) in [6.07, 6.45) is 1.26. The van der Waals surface area contributed by atoms with E-state index in [2.05, 4.69) is 20.0 Å². The van der Waals surface area contributed by atoms with E-state index in [4.69, 9.17) is 11.6 Å².